The number of rotatable bonds is 6. The van der Waals surface area contributed by atoms with Gasteiger partial charge in [0.05, 0.1) is 10.7 Å². The Bertz CT molecular complexity index is 611. The van der Waals surface area contributed by atoms with Crippen molar-refractivity contribution in [2.75, 3.05) is 26.7 Å². The summed E-state index contributed by atoms with van der Waals surface area (Å²) in [5, 5.41) is 8.48. The molecule has 0 radical (unpaired) electrons. The monoisotopic (exact) mass is 389 g/mol. The second kappa shape index (κ2) is 9.37. The zero-order valence-corrected chi connectivity index (χ0v) is 17.6. The summed E-state index contributed by atoms with van der Waals surface area (Å²) in [6, 6.07) is 1.39. The topological polar surface area (TPSA) is 52.6 Å². The van der Waals surface area contributed by atoms with Crippen molar-refractivity contribution in [1.29, 1.82) is 0 Å². The second-order valence-electron chi connectivity index (χ2n) is 8.35. The Morgan fingerprint density at radius 1 is 1.19 bits per heavy atom. The van der Waals surface area contributed by atoms with Crippen molar-refractivity contribution in [2.24, 2.45) is 4.99 Å². The third-order valence-electron chi connectivity index (χ3n) is 6.38. The molecule has 0 bridgehead atoms. The molecule has 1 atom stereocenters. The van der Waals surface area contributed by atoms with Gasteiger partial charge in [-0.2, -0.15) is 0 Å². The number of likely N-dealkylation sites (tertiary alicyclic amines) is 1. The van der Waals surface area contributed by atoms with Crippen LogP contribution in [0.3, 0.4) is 0 Å². The molecular weight excluding hydrogens is 354 g/mol. The first-order valence-corrected chi connectivity index (χ1v) is 11.8. The molecule has 4 rings (SSSR count). The van der Waals surface area contributed by atoms with Crippen LogP contribution in [0.25, 0.3) is 0 Å². The van der Waals surface area contributed by atoms with Crippen molar-refractivity contribution < 1.29 is 0 Å². The molecule has 1 saturated heterocycles. The van der Waals surface area contributed by atoms with Gasteiger partial charge < -0.3 is 10.6 Å². The van der Waals surface area contributed by atoms with Gasteiger partial charge in [-0.1, -0.05) is 12.8 Å². The molecule has 0 amide bonds. The Hall–Kier alpha value is -1.14. The molecule has 0 aromatic carbocycles. The third kappa shape index (κ3) is 5.02. The van der Waals surface area contributed by atoms with Crippen molar-refractivity contribution >= 4 is 17.3 Å². The lowest BCUT2D eigenvalue weighted by molar-refractivity contribution is 0.242. The number of aliphatic imine (C=N–C) groups is 1. The van der Waals surface area contributed by atoms with Gasteiger partial charge in [0.15, 0.2) is 5.96 Å². The molecule has 1 aromatic rings. The van der Waals surface area contributed by atoms with Gasteiger partial charge >= 0.3 is 0 Å². The summed E-state index contributed by atoms with van der Waals surface area (Å²) < 4.78 is 0. The molecule has 2 fully saturated rings. The third-order valence-corrected chi connectivity index (χ3v) is 7.59. The summed E-state index contributed by atoms with van der Waals surface area (Å²) in [6.07, 6.45) is 14.2. The van der Waals surface area contributed by atoms with E-state index in [0.29, 0.717) is 6.04 Å². The van der Waals surface area contributed by atoms with Crippen LogP contribution in [-0.2, 0) is 19.3 Å². The van der Waals surface area contributed by atoms with Gasteiger partial charge in [0.2, 0.25) is 0 Å². The smallest absolute Gasteiger partial charge is 0.191 e. The standard InChI is InChI=1S/C21H35N5S/c1-22-21(24-16-12-14-26(15-16)17-7-2-3-8-17)23-13-6-11-20-25-18-9-4-5-10-19(18)27-20/h16-17H,2-15H2,1H3,(H2,22,23,24). The summed E-state index contributed by atoms with van der Waals surface area (Å²) in [7, 11) is 1.88. The Morgan fingerprint density at radius 3 is 2.85 bits per heavy atom. The number of nitrogens with one attached hydrogen (secondary N) is 2. The molecule has 0 spiro atoms. The highest BCUT2D eigenvalue weighted by molar-refractivity contribution is 7.11. The predicted octanol–water partition coefficient (Wildman–Crippen LogP) is 3.14. The van der Waals surface area contributed by atoms with Crippen molar-refractivity contribution in [2.45, 2.75) is 82.7 Å². The van der Waals surface area contributed by atoms with Crippen molar-refractivity contribution in [3.8, 4) is 0 Å². The molecule has 5 nitrogen and oxygen atoms in total. The van der Waals surface area contributed by atoms with Gasteiger partial charge in [-0.3, -0.25) is 9.89 Å². The number of hydrogen-bond acceptors (Lipinski definition) is 4. The van der Waals surface area contributed by atoms with Crippen LogP contribution in [0, 0.1) is 0 Å². The Kier molecular flexibility index (Phi) is 6.66. The minimum absolute atomic E-state index is 0.544. The number of thiazole rings is 1. The zero-order chi connectivity index (χ0) is 18.5. The lowest BCUT2D eigenvalue weighted by Gasteiger charge is -2.24. The van der Waals surface area contributed by atoms with E-state index in [9.17, 15) is 0 Å². The molecule has 150 valence electrons. The van der Waals surface area contributed by atoms with Crippen LogP contribution in [0.2, 0.25) is 0 Å². The average Bonchev–Trinajstić information content (AvgIpc) is 3.44. The maximum atomic E-state index is 4.86. The molecule has 1 saturated carbocycles. The molecule has 1 aromatic heterocycles. The van der Waals surface area contributed by atoms with Gasteiger partial charge in [-0.05, 0) is 51.4 Å². The Labute approximate surface area is 168 Å². The number of fused-ring (bicyclic) bond motifs is 1. The molecule has 27 heavy (non-hydrogen) atoms. The lowest BCUT2D eigenvalue weighted by Crippen LogP contribution is -2.45. The summed E-state index contributed by atoms with van der Waals surface area (Å²) in [6.45, 7) is 3.38. The van der Waals surface area contributed by atoms with Crippen molar-refractivity contribution in [3.63, 3.8) is 0 Å². The maximum Gasteiger partial charge on any atom is 0.191 e. The fraction of sp³-hybridized carbons (Fsp3) is 0.810. The quantitative estimate of drug-likeness (QED) is 0.446. The van der Waals surface area contributed by atoms with Gasteiger partial charge in [-0.15, -0.1) is 11.3 Å². The summed E-state index contributed by atoms with van der Waals surface area (Å²) in [5.41, 5.74) is 1.39. The number of aryl methyl sites for hydroxylation is 3. The van der Waals surface area contributed by atoms with Gasteiger partial charge in [0, 0.05) is 50.1 Å². The van der Waals surface area contributed by atoms with Crippen LogP contribution < -0.4 is 10.6 Å². The average molecular weight is 390 g/mol. The summed E-state index contributed by atoms with van der Waals surface area (Å²) in [5.74, 6) is 0.965. The largest absolute Gasteiger partial charge is 0.356 e. The van der Waals surface area contributed by atoms with E-state index < -0.39 is 0 Å². The van der Waals surface area contributed by atoms with Crippen LogP contribution in [0.1, 0.15) is 66.9 Å². The minimum Gasteiger partial charge on any atom is -0.356 e. The van der Waals surface area contributed by atoms with Crippen LogP contribution >= 0.6 is 11.3 Å². The van der Waals surface area contributed by atoms with E-state index in [2.05, 4.69) is 20.5 Å². The Morgan fingerprint density at radius 2 is 2.04 bits per heavy atom. The lowest BCUT2D eigenvalue weighted by atomic mass is 10.0. The molecule has 6 heteroatoms. The van der Waals surface area contributed by atoms with E-state index in [-0.39, 0.29) is 0 Å². The van der Waals surface area contributed by atoms with E-state index >= 15 is 0 Å². The van der Waals surface area contributed by atoms with Gasteiger partial charge in [0.1, 0.15) is 0 Å². The van der Waals surface area contributed by atoms with Crippen LogP contribution in [-0.4, -0.2) is 54.6 Å². The van der Waals surface area contributed by atoms with E-state index in [0.717, 1.165) is 31.4 Å². The van der Waals surface area contributed by atoms with Crippen molar-refractivity contribution in [3.05, 3.63) is 15.6 Å². The number of aromatic nitrogens is 1. The van der Waals surface area contributed by atoms with Crippen LogP contribution in [0.15, 0.2) is 4.99 Å². The van der Waals surface area contributed by atoms with E-state index in [1.807, 2.05) is 18.4 Å². The predicted molar refractivity (Wildman–Crippen MR) is 114 cm³/mol. The highest BCUT2D eigenvalue weighted by Gasteiger charge is 2.30. The second-order valence-corrected chi connectivity index (χ2v) is 9.52. The van der Waals surface area contributed by atoms with Crippen LogP contribution in [0.4, 0.5) is 0 Å². The molecule has 2 aliphatic carbocycles. The molecule has 2 N–H and O–H groups in total. The van der Waals surface area contributed by atoms with E-state index in [4.69, 9.17) is 4.98 Å². The van der Waals surface area contributed by atoms with Crippen molar-refractivity contribution in [1.82, 2.24) is 20.5 Å². The number of nitrogens with zero attached hydrogens (tertiary/aromatic N) is 3. The van der Waals surface area contributed by atoms with Crippen LogP contribution in [0.5, 0.6) is 0 Å². The van der Waals surface area contributed by atoms with E-state index in [1.54, 1.807) is 4.88 Å². The number of hydrogen-bond donors (Lipinski definition) is 2. The fourth-order valence-corrected chi connectivity index (χ4v) is 6.05. The summed E-state index contributed by atoms with van der Waals surface area (Å²) >= 11 is 1.95. The Balaban J connectivity index is 1.16. The van der Waals surface area contributed by atoms with Gasteiger partial charge in [-0.25, -0.2) is 4.98 Å². The number of guanidine groups is 1. The summed E-state index contributed by atoms with van der Waals surface area (Å²) in [4.78, 5) is 13.5. The van der Waals surface area contributed by atoms with Gasteiger partial charge in [0.25, 0.3) is 0 Å². The first-order chi connectivity index (χ1) is 13.3. The highest BCUT2D eigenvalue weighted by atomic mass is 32.1. The SMILES string of the molecule is CN=C(NCCCc1nc2c(s1)CCCC2)NC1CCN(C2CCCC2)C1. The minimum atomic E-state index is 0.544. The fourth-order valence-electron chi connectivity index (χ4n) is 4.85. The van der Waals surface area contributed by atoms with E-state index in [1.165, 1.54) is 81.6 Å². The first kappa shape index (κ1) is 19.2. The molecule has 2 heterocycles. The first-order valence-electron chi connectivity index (χ1n) is 11.0. The molecule has 1 unspecified atom stereocenters. The highest BCUT2D eigenvalue weighted by Crippen LogP contribution is 2.27. The normalized spacial score (nSPS) is 24.3. The zero-order valence-electron chi connectivity index (χ0n) is 16.8. The molecule has 1 aliphatic heterocycles. The molecule has 3 aliphatic rings. The molecular formula is C21H35N5S. The maximum absolute atomic E-state index is 4.86.